The fourth-order valence-corrected chi connectivity index (χ4v) is 4.16. The van der Waals surface area contributed by atoms with Crippen LogP contribution in [0.1, 0.15) is 24.8 Å². The van der Waals surface area contributed by atoms with Gasteiger partial charge in [0.1, 0.15) is 0 Å². The predicted octanol–water partition coefficient (Wildman–Crippen LogP) is 1.29. The molecule has 1 aliphatic heterocycles. The van der Waals surface area contributed by atoms with Crippen molar-refractivity contribution in [3.63, 3.8) is 0 Å². The minimum Gasteiger partial charge on any atom is -0.395 e. The van der Waals surface area contributed by atoms with Gasteiger partial charge in [-0.1, -0.05) is 18.6 Å². The van der Waals surface area contributed by atoms with Crippen molar-refractivity contribution in [3.8, 4) is 6.07 Å². The Bertz CT molecular complexity index is 590. The lowest BCUT2D eigenvalue weighted by Crippen LogP contribution is -2.45. The van der Waals surface area contributed by atoms with Crippen molar-refractivity contribution in [2.75, 3.05) is 13.2 Å². The van der Waals surface area contributed by atoms with E-state index in [1.54, 1.807) is 12.1 Å². The van der Waals surface area contributed by atoms with E-state index in [0.717, 1.165) is 18.4 Å². The van der Waals surface area contributed by atoms with Crippen molar-refractivity contribution in [2.45, 2.75) is 36.6 Å². The third-order valence-corrected chi connectivity index (χ3v) is 5.56. The van der Waals surface area contributed by atoms with Crippen molar-refractivity contribution in [2.24, 2.45) is 0 Å². The minimum atomic E-state index is -3.56. The van der Waals surface area contributed by atoms with E-state index in [9.17, 15) is 13.5 Å². The number of hydrogen-bond donors (Lipinski definition) is 1. The first-order valence-corrected chi connectivity index (χ1v) is 8.12. The monoisotopic (exact) mass is 294 g/mol. The van der Waals surface area contributed by atoms with Gasteiger partial charge in [-0.05, 0) is 30.5 Å². The molecule has 0 aliphatic carbocycles. The Kier molecular flexibility index (Phi) is 4.76. The summed E-state index contributed by atoms with van der Waals surface area (Å²) in [6, 6.07) is 8.09. The number of rotatable bonds is 4. The Labute approximate surface area is 119 Å². The van der Waals surface area contributed by atoms with Crippen molar-refractivity contribution >= 4 is 10.0 Å². The van der Waals surface area contributed by atoms with Crippen LogP contribution < -0.4 is 0 Å². The molecule has 1 aromatic carbocycles. The standard InChI is InChI=1S/C14H18N2O3S/c15-9-8-12-4-6-14(7-5-12)20(18,19)16-10-2-1-3-13(16)11-17/h4-7,13,17H,1-3,8,10-11H2. The van der Waals surface area contributed by atoms with Crippen molar-refractivity contribution in [1.29, 1.82) is 5.26 Å². The largest absolute Gasteiger partial charge is 0.395 e. The van der Waals surface area contributed by atoms with Crippen molar-refractivity contribution < 1.29 is 13.5 Å². The van der Waals surface area contributed by atoms with Gasteiger partial charge in [0.05, 0.1) is 24.0 Å². The zero-order chi connectivity index (χ0) is 14.6. The lowest BCUT2D eigenvalue weighted by molar-refractivity contribution is 0.155. The van der Waals surface area contributed by atoms with Crippen molar-refractivity contribution in [3.05, 3.63) is 29.8 Å². The number of nitriles is 1. The summed E-state index contributed by atoms with van der Waals surface area (Å²) in [5.74, 6) is 0. The van der Waals surface area contributed by atoms with Gasteiger partial charge in [-0.15, -0.1) is 0 Å². The van der Waals surface area contributed by atoms with Crippen LogP contribution in [0.2, 0.25) is 0 Å². The fourth-order valence-electron chi connectivity index (χ4n) is 2.48. The highest BCUT2D eigenvalue weighted by atomic mass is 32.2. The molecule has 1 aromatic rings. The second-order valence-electron chi connectivity index (χ2n) is 4.93. The molecule has 0 aromatic heterocycles. The van der Waals surface area contributed by atoms with E-state index in [4.69, 9.17) is 5.26 Å². The van der Waals surface area contributed by atoms with Gasteiger partial charge in [0.2, 0.25) is 10.0 Å². The van der Waals surface area contributed by atoms with Gasteiger partial charge in [-0.25, -0.2) is 8.42 Å². The Hall–Kier alpha value is -1.42. The quantitative estimate of drug-likeness (QED) is 0.907. The van der Waals surface area contributed by atoms with Gasteiger partial charge < -0.3 is 5.11 Å². The lowest BCUT2D eigenvalue weighted by Gasteiger charge is -2.33. The second-order valence-corrected chi connectivity index (χ2v) is 6.82. The van der Waals surface area contributed by atoms with Gasteiger partial charge in [-0.3, -0.25) is 0 Å². The number of hydrogen-bond acceptors (Lipinski definition) is 4. The highest BCUT2D eigenvalue weighted by Gasteiger charge is 2.32. The van der Waals surface area contributed by atoms with E-state index in [1.807, 2.05) is 6.07 Å². The van der Waals surface area contributed by atoms with Crippen LogP contribution in [0, 0.1) is 11.3 Å². The molecule has 1 aliphatic rings. The zero-order valence-corrected chi connectivity index (χ0v) is 12.0. The Morgan fingerprint density at radius 1 is 1.30 bits per heavy atom. The maximum atomic E-state index is 12.6. The number of aliphatic hydroxyl groups is 1. The molecule has 5 nitrogen and oxygen atoms in total. The van der Waals surface area contributed by atoms with E-state index in [-0.39, 0.29) is 24.0 Å². The van der Waals surface area contributed by atoms with Gasteiger partial charge in [0, 0.05) is 12.6 Å². The van der Waals surface area contributed by atoms with E-state index >= 15 is 0 Å². The molecule has 1 heterocycles. The number of benzene rings is 1. The normalized spacial score (nSPS) is 20.5. The van der Waals surface area contributed by atoms with Gasteiger partial charge >= 0.3 is 0 Å². The topological polar surface area (TPSA) is 81.4 Å². The molecule has 1 N–H and O–H groups in total. The van der Waals surface area contributed by atoms with Crippen LogP contribution in [0.25, 0.3) is 0 Å². The maximum Gasteiger partial charge on any atom is 0.243 e. The van der Waals surface area contributed by atoms with Crippen LogP contribution in [0.3, 0.4) is 0 Å². The first-order valence-electron chi connectivity index (χ1n) is 6.68. The molecule has 1 saturated heterocycles. The number of sulfonamides is 1. The average Bonchev–Trinajstić information content (AvgIpc) is 2.48. The molecule has 108 valence electrons. The second kappa shape index (κ2) is 6.35. The number of aliphatic hydroxyl groups excluding tert-OH is 1. The van der Waals surface area contributed by atoms with E-state index < -0.39 is 10.0 Å². The smallest absolute Gasteiger partial charge is 0.243 e. The van der Waals surface area contributed by atoms with Crippen LogP contribution in [-0.2, 0) is 16.4 Å². The van der Waals surface area contributed by atoms with Crippen molar-refractivity contribution in [1.82, 2.24) is 4.31 Å². The summed E-state index contributed by atoms with van der Waals surface area (Å²) in [4.78, 5) is 0.222. The molecule has 0 radical (unpaired) electrons. The summed E-state index contributed by atoms with van der Waals surface area (Å²) in [7, 11) is -3.56. The van der Waals surface area contributed by atoms with Crippen LogP contribution in [0.5, 0.6) is 0 Å². The molecule has 1 fully saturated rings. The summed E-state index contributed by atoms with van der Waals surface area (Å²) in [5.41, 5.74) is 0.795. The summed E-state index contributed by atoms with van der Waals surface area (Å²) in [5, 5.41) is 18.0. The zero-order valence-electron chi connectivity index (χ0n) is 11.2. The predicted molar refractivity (Wildman–Crippen MR) is 74.4 cm³/mol. The summed E-state index contributed by atoms with van der Waals surface area (Å²) in [6.45, 7) is 0.305. The maximum absolute atomic E-state index is 12.6. The fraction of sp³-hybridized carbons (Fsp3) is 0.500. The molecule has 1 unspecified atom stereocenters. The average molecular weight is 294 g/mol. The van der Waals surface area contributed by atoms with Gasteiger partial charge in [-0.2, -0.15) is 9.57 Å². The number of nitrogens with zero attached hydrogens (tertiary/aromatic N) is 2. The molecule has 0 saturated carbocycles. The first kappa shape index (κ1) is 15.0. The molecular formula is C14H18N2O3S. The minimum absolute atomic E-state index is 0.147. The van der Waals surface area contributed by atoms with Gasteiger partial charge in [0.25, 0.3) is 0 Å². The van der Waals surface area contributed by atoms with Crippen LogP contribution in [0.15, 0.2) is 29.2 Å². The van der Waals surface area contributed by atoms with Crippen LogP contribution >= 0.6 is 0 Å². The first-order chi connectivity index (χ1) is 9.59. The molecule has 1 atom stereocenters. The molecule has 0 bridgehead atoms. The third-order valence-electron chi connectivity index (χ3n) is 3.60. The lowest BCUT2D eigenvalue weighted by atomic mass is 10.1. The molecule has 0 amide bonds. The molecular weight excluding hydrogens is 276 g/mol. The molecule has 20 heavy (non-hydrogen) atoms. The summed E-state index contributed by atoms with van der Waals surface area (Å²) >= 11 is 0. The summed E-state index contributed by atoms with van der Waals surface area (Å²) in [6.07, 6.45) is 2.73. The highest BCUT2D eigenvalue weighted by molar-refractivity contribution is 7.89. The SMILES string of the molecule is N#CCc1ccc(S(=O)(=O)N2CCCCC2CO)cc1. The van der Waals surface area contributed by atoms with E-state index in [1.165, 1.54) is 16.4 Å². The Morgan fingerprint density at radius 3 is 2.60 bits per heavy atom. The van der Waals surface area contributed by atoms with E-state index in [2.05, 4.69) is 0 Å². The van der Waals surface area contributed by atoms with Gasteiger partial charge in [0.15, 0.2) is 0 Å². The Balaban J connectivity index is 2.27. The Morgan fingerprint density at radius 2 is 2.00 bits per heavy atom. The highest BCUT2D eigenvalue weighted by Crippen LogP contribution is 2.25. The molecule has 2 rings (SSSR count). The number of piperidine rings is 1. The van der Waals surface area contributed by atoms with Crippen LogP contribution in [-0.4, -0.2) is 37.0 Å². The molecule has 6 heteroatoms. The molecule has 0 spiro atoms. The van der Waals surface area contributed by atoms with E-state index in [0.29, 0.717) is 13.0 Å². The third kappa shape index (κ3) is 3.01. The van der Waals surface area contributed by atoms with Crippen LogP contribution in [0.4, 0.5) is 0 Å². The summed E-state index contributed by atoms with van der Waals surface area (Å²) < 4.78 is 26.5.